The van der Waals surface area contributed by atoms with Crippen LogP contribution in [0.2, 0.25) is 0 Å². The maximum absolute atomic E-state index is 13.6. The number of carbonyl (C=O) groups excluding carboxylic acids is 1. The van der Waals surface area contributed by atoms with E-state index in [-0.39, 0.29) is 29.8 Å². The lowest BCUT2D eigenvalue weighted by Crippen LogP contribution is -2.29. The Morgan fingerprint density at radius 3 is 2.56 bits per heavy atom. The van der Waals surface area contributed by atoms with Crippen LogP contribution in [0.3, 0.4) is 0 Å². The molecule has 1 amide bonds. The van der Waals surface area contributed by atoms with Crippen LogP contribution >= 0.6 is 0 Å². The standard InChI is InChI=1S/C28H26FN3O4/c1-4-36-22-13-18(7-10-21(22)33)26-23-24(20-12-15(2)11-16(3)27(20)34)30-31-25(23)28(35)32(26)14-17-5-8-19(29)9-6-17/h5-13,26,33-34H,4,14H2,1-3H3,(H,30,31)/t26-/m0/s1. The molecule has 0 unspecified atom stereocenters. The van der Waals surface area contributed by atoms with Crippen molar-refractivity contribution in [1.82, 2.24) is 15.1 Å². The average molecular weight is 488 g/mol. The lowest BCUT2D eigenvalue weighted by Gasteiger charge is -2.27. The molecule has 0 aliphatic carbocycles. The summed E-state index contributed by atoms with van der Waals surface area (Å²) in [5.74, 6) is -0.233. The van der Waals surface area contributed by atoms with E-state index in [1.165, 1.54) is 18.2 Å². The highest BCUT2D eigenvalue weighted by molar-refractivity contribution is 6.00. The van der Waals surface area contributed by atoms with E-state index in [2.05, 4.69) is 10.2 Å². The van der Waals surface area contributed by atoms with Crippen molar-refractivity contribution in [1.29, 1.82) is 0 Å². The van der Waals surface area contributed by atoms with Crippen LogP contribution in [0, 0.1) is 19.7 Å². The molecule has 1 aliphatic rings. The second-order valence-electron chi connectivity index (χ2n) is 8.96. The monoisotopic (exact) mass is 487 g/mol. The zero-order chi connectivity index (χ0) is 25.6. The number of amides is 1. The number of benzene rings is 3. The van der Waals surface area contributed by atoms with E-state index in [4.69, 9.17) is 4.74 Å². The molecule has 184 valence electrons. The number of ether oxygens (including phenoxy) is 1. The van der Waals surface area contributed by atoms with Crippen molar-refractivity contribution in [3.63, 3.8) is 0 Å². The van der Waals surface area contributed by atoms with Gasteiger partial charge in [0, 0.05) is 17.7 Å². The highest BCUT2D eigenvalue weighted by atomic mass is 19.1. The lowest BCUT2D eigenvalue weighted by molar-refractivity contribution is 0.0730. The molecule has 2 heterocycles. The molecule has 8 heteroatoms. The summed E-state index contributed by atoms with van der Waals surface area (Å²) >= 11 is 0. The first-order chi connectivity index (χ1) is 17.3. The number of aryl methyl sites for hydroxylation is 2. The van der Waals surface area contributed by atoms with Gasteiger partial charge in [-0.3, -0.25) is 9.89 Å². The van der Waals surface area contributed by atoms with E-state index >= 15 is 0 Å². The second kappa shape index (κ2) is 9.03. The number of phenols is 2. The largest absolute Gasteiger partial charge is 0.507 e. The number of rotatable bonds is 6. The number of aromatic nitrogens is 2. The summed E-state index contributed by atoms with van der Waals surface area (Å²) in [7, 11) is 0. The molecule has 0 fully saturated rings. The minimum absolute atomic E-state index is 0.00500. The summed E-state index contributed by atoms with van der Waals surface area (Å²) in [6.45, 7) is 6.15. The number of hydrogen-bond donors (Lipinski definition) is 3. The van der Waals surface area contributed by atoms with Crippen molar-refractivity contribution < 1.29 is 24.1 Å². The van der Waals surface area contributed by atoms with Crippen molar-refractivity contribution in [2.75, 3.05) is 6.61 Å². The third-order valence-corrected chi connectivity index (χ3v) is 6.43. The SMILES string of the molecule is CCOc1cc([C@H]2c3c(-c4cc(C)cc(C)c4O)n[nH]c3C(=O)N2Cc2ccc(F)cc2)ccc1O. The Hall–Kier alpha value is -4.33. The van der Waals surface area contributed by atoms with Gasteiger partial charge in [-0.2, -0.15) is 5.10 Å². The predicted octanol–water partition coefficient (Wildman–Crippen LogP) is 5.39. The third-order valence-electron chi connectivity index (χ3n) is 6.43. The number of H-pyrrole nitrogens is 1. The van der Waals surface area contributed by atoms with Gasteiger partial charge in [-0.15, -0.1) is 0 Å². The van der Waals surface area contributed by atoms with E-state index in [1.54, 1.807) is 29.2 Å². The Morgan fingerprint density at radius 1 is 1.08 bits per heavy atom. The van der Waals surface area contributed by atoms with Gasteiger partial charge in [0.05, 0.1) is 12.6 Å². The molecule has 0 saturated heterocycles. The molecule has 0 spiro atoms. The van der Waals surface area contributed by atoms with Gasteiger partial charge in [0.2, 0.25) is 0 Å². The Morgan fingerprint density at radius 2 is 1.83 bits per heavy atom. The summed E-state index contributed by atoms with van der Waals surface area (Å²) in [5.41, 5.74) is 5.05. The van der Waals surface area contributed by atoms with Crippen molar-refractivity contribution in [2.24, 2.45) is 0 Å². The summed E-state index contributed by atoms with van der Waals surface area (Å²) in [6, 6.07) is 14.1. The molecule has 3 aromatic carbocycles. The minimum Gasteiger partial charge on any atom is -0.507 e. The van der Waals surface area contributed by atoms with Gasteiger partial charge in [0.1, 0.15) is 23.0 Å². The van der Waals surface area contributed by atoms with Crippen molar-refractivity contribution in [2.45, 2.75) is 33.4 Å². The molecule has 1 aliphatic heterocycles. The van der Waals surface area contributed by atoms with Crippen molar-refractivity contribution in [3.8, 4) is 28.5 Å². The molecule has 1 aromatic heterocycles. The molecular formula is C28H26FN3O4. The topological polar surface area (TPSA) is 98.7 Å². The smallest absolute Gasteiger partial charge is 0.273 e. The highest BCUT2D eigenvalue weighted by Crippen LogP contribution is 2.47. The normalized spacial score (nSPS) is 14.8. The minimum atomic E-state index is -0.591. The Kier molecular flexibility index (Phi) is 5.88. The Labute approximate surface area is 207 Å². The fourth-order valence-corrected chi connectivity index (χ4v) is 4.81. The first-order valence-corrected chi connectivity index (χ1v) is 11.7. The summed E-state index contributed by atoms with van der Waals surface area (Å²) < 4.78 is 19.1. The van der Waals surface area contributed by atoms with Crippen LogP contribution in [-0.2, 0) is 6.54 Å². The zero-order valence-corrected chi connectivity index (χ0v) is 20.2. The molecule has 5 rings (SSSR count). The van der Waals surface area contributed by atoms with E-state index < -0.39 is 6.04 Å². The van der Waals surface area contributed by atoms with Gasteiger partial charge in [-0.25, -0.2) is 4.39 Å². The first-order valence-electron chi connectivity index (χ1n) is 11.7. The van der Waals surface area contributed by atoms with Gasteiger partial charge < -0.3 is 19.8 Å². The zero-order valence-electron chi connectivity index (χ0n) is 20.2. The molecule has 0 bridgehead atoms. The van der Waals surface area contributed by atoms with Crippen LogP contribution < -0.4 is 4.74 Å². The third kappa shape index (κ3) is 3.94. The molecule has 36 heavy (non-hydrogen) atoms. The first kappa shape index (κ1) is 23.4. The summed E-state index contributed by atoms with van der Waals surface area (Å²) in [6.07, 6.45) is 0. The summed E-state index contributed by atoms with van der Waals surface area (Å²) in [4.78, 5) is 15.3. The second-order valence-corrected chi connectivity index (χ2v) is 8.96. The summed E-state index contributed by atoms with van der Waals surface area (Å²) in [5, 5.41) is 28.5. The maximum Gasteiger partial charge on any atom is 0.273 e. The number of halogens is 1. The molecule has 3 N–H and O–H groups in total. The molecule has 0 saturated carbocycles. The molecule has 1 atom stereocenters. The van der Waals surface area contributed by atoms with Gasteiger partial charge in [-0.1, -0.05) is 24.3 Å². The van der Waals surface area contributed by atoms with Crippen LogP contribution in [0.4, 0.5) is 4.39 Å². The molecule has 4 aromatic rings. The van der Waals surface area contributed by atoms with E-state index in [0.717, 1.165) is 11.1 Å². The number of carbonyl (C=O) groups is 1. The molecular weight excluding hydrogens is 461 g/mol. The number of aromatic hydroxyl groups is 2. The van der Waals surface area contributed by atoms with E-state index in [0.29, 0.717) is 46.0 Å². The van der Waals surface area contributed by atoms with Gasteiger partial charge in [-0.05, 0) is 73.4 Å². The lowest BCUT2D eigenvalue weighted by atomic mass is 9.93. The number of fused-ring (bicyclic) bond motifs is 1. The van der Waals surface area contributed by atoms with Crippen LogP contribution in [0.5, 0.6) is 17.2 Å². The number of nitrogens with zero attached hydrogens (tertiary/aromatic N) is 2. The fraction of sp³-hybridized carbons (Fsp3) is 0.214. The highest BCUT2D eigenvalue weighted by Gasteiger charge is 2.43. The number of hydrogen-bond acceptors (Lipinski definition) is 5. The van der Waals surface area contributed by atoms with Crippen LogP contribution in [-0.4, -0.2) is 37.8 Å². The number of nitrogens with one attached hydrogen (secondary N) is 1. The van der Waals surface area contributed by atoms with Gasteiger partial charge in [0.25, 0.3) is 5.91 Å². The van der Waals surface area contributed by atoms with Gasteiger partial charge in [0.15, 0.2) is 11.5 Å². The van der Waals surface area contributed by atoms with Crippen LogP contribution in [0.1, 0.15) is 51.3 Å². The van der Waals surface area contributed by atoms with Crippen LogP contribution in [0.25, 0.3) is 11.3 Å². The predicted molar refractivity (Wildman–Crippen MR) is 133 cm³/mol. The average Bonchev–Trinajstić information content (AvgIpc) is 3.38. The van der Waals surface area contributed by atoms with Crippen molar-refractivity contribution in [3.05, 3.63) is 93.9 Å². The Balaban J connectivity index is 1.69. The van der Waals surface area contributed by atoms with Crippen molar-refractivity contribution >= 4 is 5.91 Å². The molecule has 0 radical (unpaired) electrons. The maximum atomic E-state index is 13.6. The number of aromatic amines is 1. The van der Waals surface area contributed by atoms with Crippen LogP contribution in [0.15, 0.2) is 54.6 Å². The quantitative estimate of drug-likeness (QED) is 0.339. The van der Waals surface area contributed by atoms with Gasteiger partial charge >= 0.3 is 0 Å². The number of phenolic OH excluding ortho intramolecular Hbond substituents is 2. The van der Waals surface area contributed by atoms with E-state index in [9.17, 15) is 19.4 Å². The fourth-order valence-electron chi connectivity index (χ4n) is 4.81. The Bertz CT molecular complexity index is 1460. The van der Waals surface area contributed by atoms with E-state index in [1.807, 2.05) is 32.9 Å². The molecule has 7 nitrogen and oxygen atoms in total.